The van der Waals surface area contributed by atoms with Crippen LogP contribution in [-0.4, -0.2) is 48.7 Å². The summed E-state index contributed by atoms with van der Waals surface area (Å²) in [5.41, 5.74) is 4.97. The first kappa shape index (κ1) is 23.8. The van der Waals surface area contributed by atoms with Gasteiger partial charge in [-0.25, -0.2) is 13.6 Å². The average molecular weight is 504 g/mol. The summed E-state index contributed by atoms with van der Waals surface area (Å²) >= 11 is 0. The van der Waals surface area contributed by atoms with Crippen LogP contribution in [0.1, 0.15) is 52.2 Å². The zero-order chi connectivity index (χ0) is 25.5. The summed E-state index contributed by atoms with van der Waals surface area (Å²) < 4.78 is 37.4. The van der Waals surface area contributed by atoms with Crippen LogP contribution in [0.3, 0.4) is 0 Å². The van der Waals surface area contributed by atoms with Crippen LogP contribution < -0.4 is 0 Å². The molecular formula is C30H27F2NO4. The zero-order valence-corrected chi connectivity index (χ0v) is 20.2. The minimum Gasteiger partial charge on any atom is -0.448 e. The SMILES string of the molecule is O=C(c1ccc(C(F)F)cc1)C1CC2COCC(C1)N2C(=O)OCC1c2ccccc2-c2ccccc21. The van der Waals surface area contributed by atoms with Gasteiger partial charge in [-0.1, -0.05) is 72.8 Å². The summed E-state index contributed by atoms with van der Waals surface area (Å²) in [6.07, 6.45) is -2.04. The van der Waals surface area contributed by atoms with E-state index < -0.39 is 6.43 Å². The number of ketones is 1. The maximum atomic E-state index is 13.3. The molecule has 190 valence electrons. The highest BCUT2D eigenvalue weighted by molar-refractivity contribution is 5.98. The molecule has 7 heteroatoms. The maximum absolute atomic E-state index is 13.3. The molecule has 0 saturated carbocycles. The molecule has 0 spiro atoms. The number of piperidine rings is 1. The number of halogens is 2. The molecule has 0 N–H and O–H groups in total. The number of benzene rings is 3. The Bertz CT molecular complexity index is 1270. The van der Waals surface area contributed by atoms with Crippen molar-refractivity contribution in [1.29, 1.82) is 0 Å². The van der Waals surface area contributed by atoms with Crippen molar-refractivity contribution in [2.45, 2.75) is 37.3 Å². The Morgan fingerprint density at radius 2 is 1.43 bits per heavy atom. The van der Waals surface area contributed by atoms with Crippen molar-refractivity contribution >= 4 is 11.9 Å². The van der Waals surface area contributed by atoms with Gasteiger partial charge < -0.3 is 9.47 Å². The van der Waals surface area contributed by atoms with Gasteiger partial charge in [-0.15, -0.1) is 0 Å². The fourth-order valence-corrected chi connectivity index (χ4v) is 6.12. The van der Waals surface area contributed by atoms with Crippen molar-refractivity contribution < 1.29 is 27.8 Å². The number of fused-ring (bicyclic) bond motifs is 5. The molecule has 0 radical (unpaired) electrons. The Labute approximate surface area is 214 Å². The maximum Gasteiger partial charge on any atom is 0.410 e. The van der Waals surface area contributed by atoms with Gasteiger partial charge in [-0.05, 0) is 35.1 Å². The molecule has 2 bridgehead atoms. The fraction of sp³-hybridized carbons (Fsp3) is 0.333. The van der Waals surface area contributed by atoms with E-state index in [1.165, 1.54) is 35.4 Å². The molecule has 1 aliphatic carbocycles. The summed E-state index contributed by atoms with van der Waals surface area (Å²) in [5, 5.41) is 0. The van der Waals surface area contributed by atoms with Crippen LogP contribution in [0.15, 0.2) is 72.8 Å². The van der Waals surface area contributed by atoms with E-state index in [0.717, 1.165) is 11.1 Å². The minimum atomic E-state index is -2.57. The number of amides is 1. The number of nitrogens with zero attached hydrogens (tertiary/aromatic N) is 1. The van der Waals surface area contributed by atoms with E-state index in [0.29, 0.717) is 31.6 Å². The van der Waals surface area contributed by atoms with Gasteiger partial charge in [0.1, 0.15) is 6.61 Å². The molecule has 1 amide bonds. The quantitative estimate of drug-likeness (QED) is 0.387. The molecule has 2 saturated heterocycles. The molecule has 0 aromatic heterocycles. The van der Waals surface area contributed by atoms with Crippen LogP contribution in [0.4, 0.5) is 13.6 Å². The summed E-state index contributed by atoms with van der Waals surface area (Å²) in [6.45, 7) is 0.923. The summed E-state index contributed by atoms with van der Waals surface area (Å²) in [7, 11) is 0. The van der Waals surface area contributed by atoms with E-state index >= 15 is 0 Å². The lowest BCUT2D eigenvalue weighted by atomic mass is 9.81. The third-order valence-corrected chi connectivity index (χ3v) is 7.89. The van der Waals surface area contributed by atoms with E-state index in [4.69, 9.17) is 9.47 Å². The lowest BCUT2D eigenvalue weighted by Crippen LogP contribution is -2.60. The van der Waals surface area contributed by atoms with Gasteiger partial charge in [0.2, 0.25) is 0 Å². The molecule has 2 fully saturated rings. The van der Waals surface area contributed by atoms with Gasteiger partial charge in [-0.2, -0.15) is 0 Å². The van der Waals surface area contributed by atoms with Crippen LogP contribution in [0.2, 0.25) is 0 Å². The number of Topliss-reactive ketones (excluding diaryl/α,β-unsaturated/α-hetero) is 1. The molecule has 2 aliphatic heterocycles. The first-order valence-electron chi connectivity index (χ1n) is 12.6. The van der Waals surface area contributed by atoms with Crippen LogP contribution in [0.5, 0.6) is 0 Å². The smallest absolute Gasteiger partial charge is 0.410 e. The number of morpholine rings is 1. The second-order valence-electron chi connectivity index (χ2n) is 10.0. The van der Waals surface area contributed by atoms with E-state index in [2.05, 4.69) is 24.3 Å². The number of ether oxygens (including phenoxy) is 2. The third-order valence-electron chi connectivity index (χ3n) is 7.89. The first-order chi connectivity index (χ1) is 18.0. The van der Waals surface area contributed by atoms with Gasteiger partial charge >= 0.3 is 6.09 Å². The van der Waals surface area contributed by atoms with Crippen molar-refractivity contribution in [2.24, 2.45) is 5.92 Å². The van der Waals surface area contributed by atoms with Gasteiger partial charge in [0.15, 0.2) is 5.78 Å². The number of hydrogen-bond donors (Lipinski definition) is 0. The van der Waals surface area contributed by atoms with Gasteiger partial charge in [0.25, 0.3) is 6.43 Å². The second kappa shape index (κ2) is 9.71. The summed E-state index contributed by atoms with van der Waals surface area (Å²) in [5.74, 6) is -0.401. The topological polar surface area (TPSA) is 55.8 Å². The highest BCUT2D eigenvalue weighted by Gasteiger charge is 2.45. The first-order valence-corrected chi connectivity index (χ1v) is 12.6. The average Bonchev–Trinajstić information content (AvgIpc) is 3.24. The number of carbonyl (C=O) groups is 2. The Kier molecular flexibility index (Phi) is 6.24. The van der Waals surface area contributed by atoms with Gasteiger partial charge in [0, 0.05) is 23.0 Å². The highest BCUT2D eigenvalue weighted by atomic mass is 19.3. The molecule has 2 heterocycles. The monoisotopic (exact) mass is 503 g/mol. The predicted molar refractivity (Wildman–Crippen MR) is 134 cm³/mol. The Hall–Kier alpha value is -3.58. The van der Waals surface area contributed by atoms with Crippen molar-refractivity contribution in [1.82, 2.24) is 4.90 Å². The number of alkyl halides is 2. The van der Waals surface area contributed by atoms with Crippen molar-refractivity contribution in [3.05, 3.63) is 95.1 Å². The molecule has 37 heavy (non-hydrogen) atoms. The molecule has 3 aliphatic rings. The molecule has 5 nitrogen and oxygen atoms in total. The molecule has 2 unspecified atom stereocenters. The predicted octanol–water partition coefficient (Wildman–Crippen LogP) is 6.24. The molecular weight excluding hydrogens is 476 g/mol. The Balaban J connectivity index is 1.14. The lowest BCUT2D eigenvalue weighted by Gasteiger charge is -2.47. The number of hydrogen-bond acceptors (Lipinski definition) is 4. The molecule has 3 aromatic carbocycles. The Morgan fingerprint density at radius 1 is 0.865 bits per heavy atom. The molecule has 3 aromatic rings. The lowest BCUT2D eigenvalue weighted by molar-refractivity contribution is -0.0747. The van der Waals surface area contributed by atoms with Crippen LogP contribution >= 0.6 is 0 Å². The van der Waals surface area contributed by atoms with Crippen molar-refractivity contribution in [3.63, 3.8) is 0 Å². The molecule has 2 atom stereocenters. The highest BCUT2D eigenvalue weighted by Crippen LogP contribution is 2.44. The normalized spacial score (nSPS) is 22.5. The van der Waals surface area contributed by atoms with Crippen LogP contribution in [0.25, 0.3) is 11.1 Å². The van der Waals surface area contributed by atoms with Gasteiger partial charge in [0.05, 0.1) is 25.3 Å². The number of carbonyl (C=O) groups excluding carboxylic acids is 2. The fourth-order valence-electron chi connectivity index (χ4n) is 6.12. The van der Waals surface area contributed by atoms with E-state index in [9.17, 15) is 18.4 Å². The van der Waals surface area contributed by atoms with E-state index in [-0.39, 0.29) is 48.0 Å². The standard InChI is InChI=1S/C30H27F2NO4/c31-29(32)19-11-9-18(10-12-19)28(34)20-13-21-15-36-16-22(14-20)33(21)30(35)37-17-27-25-7-3-1-5-23(25)24-6-2-4-8-26(24)27/h1-12,20-22,27,29H,13-17H2. The Morgan fingerprint density at radius 3 is 2.00 bits per heavy atom. The summed E-state index contributed by atoms with van der Waals surface area (Å²) in [6, 6.07) is 21.4. The van der Waals surface area contributed by atoms with Crippen LogP contribution in [0, 0.1) is 5.92 Å². The largest absolute Gasteiger partial charge is 0.448 e. The molecule has 6 rings (SSSR count). The second-order valence-corrected chi connectivity index (χ2v) is 10.0. The van der Waals surface area contributed by atoms with Crippen LogP contribution in [-0.2, 0) is 9.47 Å². The van der Waals surface area contributed by atoms with Gasteiger partial charge in [-0.3, -0.25) is 9.69 Å². The number of rotatable bonds is 5. The minimum absolute atomic E-state index is 0.0252. The van der Waals surface area contributed by atoms with Crippen molar-refractivity contribution in [3.8, 4) is 11.1 Å². The van der Waals surface area contributed by atoms with E-state index in [1.807, 2.05) is 24.3 Å². The third kappa shape index (κ3) is 4.31. The van der Waals surface area contributed by atoms with E-state index in [1.54, 1.807) is 4.90 Å². The zero-order valence-electron chi connectivity index (χ0n) is 20.2. The van der Waals surface area contributed by atoms with Crippen molar-refractivity contribution in [2.75, 3.05) is 19.8 Å². The summed E-state index contributed by atoms with van der Waals surface area (Å²) in [4.78, 5) is 28.2.